The summed E-state index contributed by atoms with van der Waals surface area (Å²) in [5.41, 5.74) is 13.2. The second-order valence-electron chi connectivity index (χ2n) is 12.3. The highest BCUT2D eigenvalue weighted by molar-refractivity contribution is 6.99. The molecule has 1 saturated carbocycles. The monoisotopic (exact) mass is 618 g/mol. The van der Waals surface area contributed by atoms with Crippen LogP contribution in [-0.2, 0) is 28.2 Å². The van der Waals surface area contributed by atoms with Crippen LogP contribution in [0.25, 0.3) is 0 Å². The zero-order chi connectivity index (χ0) is 31.4. The molecule has 4 unspecified atom stereocenters. The van der Waals surface area contributed by atoms with Gasteiger partial charge in [0.1, 0.15) is 31.0 Å². The van der Waals surface area contributed by atoms with Gasteiger partial charge in [0, 0.05) is 6.04 Å². The van der Waals surface area contributed by atoms with E-state index in [1.807, 2.05) is 36.4 Å². The first kappa shape index (κ1) is 33.7. The van der Waals surface area contributed by atoms with Crippen molar-refractivity contribution in [3.05, 3.63) is 60.7 Å². The number of methoxy groups -OCH3 is 1. The summed E-state index contributed by atoms with van der Waals surface area (Å²) in [4.78, 5) is 11.7. The van der Waals surface area contributed by atoms with Gasteiger partial charge in [0.05, 0.1) is 32.0 Å². The summed E-state index contributed by atoms with van der Waals surface area (Å²) < 4.78 is 29.9. The summed E-state index contributed by atoms with van der Waals surface area (Å²) in [6.45, 7) is 5.43. The minimum atomic E-state index is -3.11. The first-order chi connectivity index (χ1) is 20.4. The number of rotatable bonds is 10. The summed E-state index contributed by atoms with van der Waals surface area (Å²) in [5.74, 6) is -0.656. The quantitative estimate of drug-likeness (QED) is 0.176. The molecule has 43 heavy (non-hydrogen) atoms. The SMILES string of the molecule is COC(=O)CO[C@@H]1C(N)C(OC2[C@@H](O)CC[C@H](N)[C@H]2O[Si](c2ccccc2)(c2ccccc2)C(C)(C)C)OC(CO)[C@@H]1O. The van der Waals surface area contributed by atoms with E-state index in [2.05, 4.69) is 49.8 Å². The van der Waals surface area contributed by atoms with Crippen LogP contribution < -0.4 is 21.8 Å². The third-order valence-electron chi connectivity index (χ3n) is 8.46. The summed E-state index contributed by atoms with van der Waals surface area (Å²) in [5, 5.41) is 33.8. The highest BCUT2D eigenvalue weighted by Crippen LogP contribution is 2.40. The molecule has 2 fully saturated rings. The van der Waals surface area contributed by atoms with Crippen molar-refractivity contribution in [1.82, 2.24) is 0 Å². The first-order valence-corrected chi connectivity index (χ1v) is 16.6. The number of aliphatic hydroxyl groups is 3. The fourth-order valence-electron chi connectivity index (χ4n) is 6.17. The minimum absolute atomic E-state index is 0.362. The Hall–Kier alpha value is -2.23. The number of nitrogens with two attached hydrogens (primary N) is 2. The Kier molecular flexibility index (Phi) is 11.2. The molecule has 4 rings (SSSR count). The molecule has 0 amide bonds. The molecule has 0 bridgehead atoms. The van der Waals surface area contributed by atoms with E-state index in [1.165, 1.54) is 7.11 Å². The second-order valence-corrected chi connectivity index (χ2v) is 16.6. The van der Waals surface area contributed by atoms with Crippen molar-refractivity contribution in [2.45, 2.75) is 93.6 Å². The van der Waals surface area contributed by atoms with Gasteiger partial charge >= 0.3 is 5.97 Å². The Balaban J connectivity index is 1.72. The van der Waals surface area contributed by atoms with Crippen LogP contribution in [0.2, 0.25) is 5.04 Å². The molecule has 1 aliphatic carbocycles. The normalized spacial score (nSPS) is 31.9. The molecule has 0 radical (unpaired) electrons. The Morgan fingerprint density at radius 3 is 2.05 bits per heavy atom. The van der Waals surface area contributed by atoms with Gasteiger partial charge in [-0.2, -0.15) is 0 Å². The molecule has 0 aromatic heterocycles. The van der Waals surface area contributed by atoms with Crippen LogP contribution in [-0.4, -0.2) is 105 Å². The van der Waals surface area contributed by atoms with Gasteiger partial charge in [0.15, 0.2) is 6.29 Å². The van der Waals surface area contributed by atoms with E-state index in [-0.39, 0.29) is 5.04 Å². The lowest BCUT2D eigenvalue weighted by atomic mass is 9.88. The van der Waals surface area contributed by atoms with Gasteiger partial charge in [0.25, 0.3) is 8.32 Å². The molecule has 1 heterocycles. The van der Waals surface area contributed by atoms with Gasteiger partial charge in [-0.1, -0.05) is 81.4 Å². The molecular weight excluding hydrogens is 572 g/mol. The average molecular weight is 619 g/mol. The van der Waals surface area contributed by atoms with E-state index in [0.717, 1.165) is 10.4 Å². The van der Waals surface area contributed by atoms with Crippen LogP contribution in [0.3, 0.4) is 0 Å². The molecule has 2 aliphatic rings. The van der Waals surface area contributed by atoms with E-state index in [1.54, 1.807) is 0 Å². The molecular formula is C31H46N2O9Si. The molecule has 1 saturated heterocycles. The smallest absolute Gasteiger partial charge is 0.331 e. The number of aliphatic hydroxyl groups excluding tert-OH is 3. The predicted octanol–water partition coefficient (Wildman–Crippen LogP) is -0.238. The van der Waals surface area contributed by atoms with Crippen molar-refractivity contribution in [3.8, 4) is 0 Å². The Bertz CT molecular complexity index is 1130. The van der Waals surface area contributed by atoms with Gasteiger partial charge in [-0.15, -0.1) is 0 Å². The summed E-state index contributed by atoms with van der Waals surface area (Å²) >= 11 is 0. The lowest BCUT2D eigenvalue weighted by Crippen LogP contribution is -2.72. The summed E-state index contributed by atoms with van der Waals surface area (Å²) in [7, 11) is -1.89. The third kappa shape index (κ3) is 7.04. The fraction of sp³-hybridized carbons (Fsp3) is 0.581. The number of hydrogen-bond acceptors (Lipinski definition) is 11. The lowest BCUT2D eigenvalue weighted by Gasteiger charge is -2.51. The zero-order valence-electron chi connectivity index (χ0n) is 25.2. The number of ether oxygens (including phenoxy) is 4. The Morgan fingerprint density at radius 1 is 0.953 bits per heavy atom. The highest BCUT2D eigenvalue weighted by atomic mass is 28.4. The van der Waals surface area contributed by atoms with Crippen molar-refractivity contribution < 1.29 is 43.5 Å². The van der Waals surface area contributed by atoms with Crippen LogP contribution >= 0.6 is 0 Å². The maximum absolute atomic E-state index is 11.7. The van der Waals surface area contributed by atoms with Crippen molar-refractivity contribution in [2.24, 2.45) is 11.5 Å². The van der Waals surface area contributed by atoms with E-state index in [4.69, 9.17) is 30.1 Å². The standard InChI is InChI=1S/C31H46N2O9Si/c1-31(2,3)43(19-11-7-5-8-12-19,20-13-9-6-10-14-20)42-27-21(32)15-16-22(35)28(27)41-30-25(33)29(39-18-24(36)38-4)26(37)23(17-34)40-30/h5-14,21-23,25-30,34-35,37H,15-18,32-33H2,1-4H3/t21-,22-,23?,25?,26-,27+,28?,29+,30?/m0/s1. The number of esters is 1. The van der Waals surface area contributed by atoms with E-state index >= 15 is 0 Å². The molecule has 7 N–H and O–H groups in total. The maximum Gasteiger partial charge on any atom is 0.331 e. The van der Waals surface area contributed by atoms with Gasteiger partial charge in [-0.3, -0.25) is 0 Å². The van der Waals surface area contributed by atoms with Gasteiger partial charge in [-0.25, -0.2) is 4.79 Å². The molecule has 1 aliphatic heterocycles. The zero-order valence-corrected chi connectivity index (χ0v) is 26.2. The first-order valence-electron chi connectivity index (χ1n) is 14.7. The fourth-order valence-corrected chi connectivity index (χ4v) is 10.9. The molecule has 2 aromatic carbocycles. The highest BCUT2D eigenvalue weighted by Gasteiger charge is 2.55. The minimum Gasteiger partial charge on any atom is -0.467 e. The average Bonchev–Trinajstić information content (AvgIpc) is 3.00. The molecule has 12 heteroatoms. The van der Waals surface area contributed by atoms with E-state index in [9.17, 15) is 20.1 Å². The maximum atomic E-state index is 11.7. The van der Waals surface area contributed by atoms with Crippen molar-refractivity contribution in [1.29, 1.82) is 0 Å². The Labute approximate surface area is 254 Å². The van der Waals surface area contributed by atoms with Gasteiger partial charge in [0.2, 0.25) is 0 Å². The van der Waals surface area contributed by atoms with E-state index in [0.29, 0.717) is 12.8 Å². The lowest BCUT2D eigenvalue weighted by molar-refractivity contribution is -0.301. The molecule has 2 aromatic rings. The molecule has 238 valence electrons. The number of benzene rings is 2. The molecule has 9 atom stereocenters. The molecule has 11 nitrogen and oxygen atoms in total. The van der Waals surface area contributed by atoms with Crippen molar-refractivity contribution in [2.75, 3.05) is 20.3 Å². The van der Waals surface area contributed by atoms with E-state index < -0.39 is 82.5 Å². The van der Waals surface area contributed by atoms with Crippen LogP contribution in [0.4, 0.5) is 0 Å². The largest absolute Gasteiger partial charge is 0.467 e. The number of carbonyl (C=O) groups is 1. The number of hydrogen-bond donors (Lipinski definition) is 5. The van der Waals surface area contributed by atoms with Crippen LogP contribution in [0, 0.1) is 0 Å². The van der Waals surface area contributed by atoms with Crippen LogP contribution in [0.15, 0.2) is 60.7 Å². The topological polar surface area (TPSA) is 176 Å². The van der Waals surface area contributed by atoms with Crippen molar-refractivity contribution in [3.63, 3.8) is 0 Å². The van der Waals surface area contributed by atoms with Crippen LogP contribution in [0.1, 0.15) is 33.6 Å². The molecule has 0 spiro atoms. The summed E-state index contributed by atoms with van der Waals surface area (Å²) in [6.07, 6.45) is -6.62. The summed E-state index contributed by atoms with van der Waals surface area (Å²) in [6, 6.07) is 18.6. The van der Waals surface area contributed by atoms with Crippen LogP contribution in [0.5, 0.6) is 0 Å². The van der Waals surface area contributed by atoms with Gasteiger partial charge < -0.3 is 50.2 Å². The van der Waals surface area contributed by atoms with Gasteiger partial charge in [-0.05, 0) is 28.3 Å². The Morgan fingerprint density at radius 2 is 1.53 bits per heavy atom. The number of carbonyl (C=O) groups excluding carboxylic acids is 1. The second kappa shape index (κ2) is 14.2. The van der Waals surface area contributed by atoms with Crippen molar-refractivity contribution >= 4 is 24.7 Å². The predicted molar refractivity (Wildman–Crippen MR) is 162 cm³/mol. The third-order valence-corrected chi connectivity index (χ3v) is 13.5.